The maximum atomic E-state index is 10.6. The molecule has 1 aliphatic carbocycles. The maximum Gasteiger partial charge on any atom is 0.306 e. The third-order valence-electron chi connectivity index (χ3n) is 4.20. The van der Waals surface area contributed by atoms with Crippen LogP contribution in [-0.2, 0) is 12.1 Å². The first-order chi connectivity index (χ1) is 11.1. The van der Waals surface area contributed by atoms with Crippen LogP contribution in [0, 0.1) is 10.1 Å². The molecule has 0 amide bonds. The molecule has 1 fully saturated rings. The fourth-order valence-electron chi connectivity index (χ4n) is 3.05. The summed E-state index contributed by atoms with van der Waals surface area (Å²) in [4.78, 5) is 14.6. The van der Waals surface area contributed by atoms with Gasteiger partial charge in [0.25, 0.3) is 0 Å². The lowest BCUT2D eigenvalue weighted by Crippen LogP contribution is -2.44. The molecule has 1 atom stereocenters. The average molecular weight is 337 g/mol. The first-order valence-electron chi connectivity index (χ1n) is 7.59. The molecule has 0 aromatic carbocycles. The van der Waals surface area contributed by atoms with Crippen molar-refractivity contribution in [1.29, 1.82) is 0 Å². The normalized spacial score (nSPS) is 18.1. The van der Waals surface area contributed by atoms with E-state index in [0.717, 1.165) is 30.7 Å². The van der Waals surface area contributed by atoms with Crippen molar-refractivity contribution in [2.24, 2.45) is 0 Å². The summed E-state index contributed by atoms with van der Waals surface area (Å²) in [6, 6.07) is 0. The van der Waals surface area contributed by atoms with Crippen molar-refractivity contribution in [3.05, 3.63) is 39.1 Å². The number of nitrogens with zero attached hydrogens (tertiary/aromatic N) is 4. The molecule has 1 saturated carbocycles. The maximum absolute atomic E-state index is 10.6. The van der Waals surface area contributed by atoms with E-state index in [0.29, 0.717) is 6.54 Å². The highest BCUT2D eigenvalue weighted by molar-refractivity contribution is 7.09. The largest absolute Gasteiger partial charge is 0.390 e. The summed E-state index contributed by atoms with van der Waals surface area (Å²) in [6.07, 6.45) is 7.97. The van der Waals surface area contributed by atoms with Gasteiger partial charge >= 0.3 is 5.69 Å². The van der Waals surface area contributed by atoms with Gasteiger partial charge in [-0.3, -0.25) is 14.8 Å². The highest BCUT2D eigenvalue weighted by atomic mass is 32.1. The van der Waals surface area contributed by atoms with Crippen LogP contribution < -0.4 is 5.32 Å². The first kappa shape index (κ1) is 16.0. The molecule has 9 heteroatoms. The van der Waals surface area contributed by atoms with E-state index in [9.17, 15) is 15.2 Å². The van der Waals surface area contributed by atoms with Crippen molar-refractivity contribution in [3.63, 3.8) is 0 Å². The molecule has 23 heavy (non-hydrogen) atoms. The number of hydrogen-bond donors (Lipinski definition) is 2. The summed E-state index contributed by atoms with van der Waals surface area (Å²) in [7, 11) is 0. The van der Waals surface area contributed by atoms with Gasteiger partial charge in [0.15, 0.2) is 0 Å². The molecule has 2 heterocycles. The highest BCUT2D eigenvalue weighted by Gasteiger charge is 2.37. The van der Waals surface area contributed by atoms with Crippen LogP contribution in [0.15, 0.2) is 24.0 Å². The van der Waals surface area contributed by atoms with Crippen LogP contribution >= 0.6 is 11.3 Å². The monoisotopic (exact) mass is 337 g/mol. The van der Waals surface area contributed by atoms with Crippen molar-refractivity contribution in [1.82, 2.24) is 20.1 Å². The Morgan fingerprint density at radius 3 is 2.91 bits per heavy atom. The van der Waals surface area contributed by atoms with Gasteiger partial charge in [-0.1, -0.05) is 12.8 Å². The van der Waals surface area contributed by atoms with E-state index in [2.05, 4.69) is 15.4 Å². The van der Waals surface area contributed by atoms with E-state index in [1.165, 1.54) is 17.1 Å². The Hall–Kier alpha value is -1.84. The van der Waals surface area contributed by atoms with Gasteiger partial charge in [-0.25, -0.2) is 4.98 Å². The van der Waals surface area contributed by atoms with Crippen LogP contribution in [0.3, 0.4) is 0 Å². The third kappa shape index (κ3) is 3.57. The zero-order valence-corrected chi connectivity index (χ0v) is 13.4. The minimum atomic E-state index is -0.674. The Bertz CT molecular complexity index is 651. The Balaban J connectivity index is 1.59. The summed E-state index contributed by atoms with van der Waals surface area (Å²) in [5, 5.41) is 31.3. The molecule has 0 aliphatic heterocycles. The molecule has 0 spiro atoms. The van der Waals surface area contributed by atoms with Gasteiger partial charge in [-0.05, 0) is 12.8 Å². The van der Waals surface area contributed by atoms with Crippen LogP contribution in [0.4, 0.5) is 5.69 Å². The van der Waals surface area contributed by atoms with Crippen LogP contribution in [0.1, 0.15) is 30.7 Å². The van der Waals surface area contributed by atoms with E-state index in [4.69, 9.17) is 0 Å². The molecule has 3 rings (SSSR count). The lowest BCUT2D eigenvalue weighted by molar-refractivity contribution is -0.385. The molecule has 0 radical (unpaired) electrons. The van der Waals surface area contributed by atoms with Gasteiger partial charge < -0.3 is 10.4 Å². The lowest BCUT2D eigenvalue weighted by Gasteiger charge is -2.29. The minimum Gasteiger partial charge on any atom is -0.390 e. The number of aromatic nitrogens is 3. The van der Waals surface area contributed by atoms with Crippen LogP contribution in [0.2, 0.25) is 0 Å². The molecule has 2 aromatic rings. The quantitative estimate of drug-likeness (QED) is 0.588. The number of aliphatic hydroxyl groups is 1. The van der Waals surface area contributed by atoms with Gasteiger partial charge in [0.05, 0.1) is 23.1 Å². The first-order valence-corrected chi connectivity index (χ1v) is 8.47. The molecule has 2 N–H and O–H groups in total. The van der Waals surface area contributed by atoms with Crippen molar-refractivity contribution in [2.75, 3.05) is 6.54 Å². The second kappa shape index (κ2) is 6.73. The SMILES string of the molecule is O=[N+]([O-])c1cnn(CC(O)CNC2(c3nccs3)CCCC2)c1. The lowest BCUT2D eigenvalue weighted by atomic mass is 9.98. The van der Waals surface area contributed by atoms with Gasteiger partial charge in [0.1, 0.15) is 17.4 Å². The highest BCUT2D eigenvalue weighted by Crippen LogP contribution is 2.39. The van der Waals surface area contributed by atoms with Gasteiger partial charge in [-0.15, -0.1) is 11.3 Å². The van der Waals surface area contributed by atoms with E-state index < -0.39 is 11.0 Å². The molecular formula is C14H19N5O3S. The minimum absolute atomic E-state index is 0.0693. The number of hydrogen-bond acceptors (Lipinski definition) is 7. The Kier molecular flexibility index (Phi) is 4.69. The fraction of sp³-hybridized carbons (Fsp3) is 0.571. The van der Waals surface area contributed by atoms with Crippen LogP contribution in [0.25, 0.3) is 0 Å². The number of aliphatic hydroxyl groups excluding tert-OH is 1. The summed E-state index contributed by atoms with van der Waals surface area (Å²) in [5.41, 5.74) is -0.217. The number of rotatable bonds is 7. The molecule has 1 aliphatic rings. The van der Waals surface area contributed by atoms with Gasteiger partial charge in [-0.2, -0.15) is 5.10 Å². The Morgan fingerprint density at radius 1 is 1.52 bits per heavy atom. The Labute approximate surface area is 137 Å². The van der Waals surface area contributed by atoms with Crippen molar-refractivity contribution in [3.8, 4) is 0 Å². The van der Waals surface area contributed by atoms with E-state index in [1.807, 2.05) is 5.38 Å². The van der Waals surface area contributed by atoms with Crippen LogP contribution in [0.5, 0.6) is 0 Å². The fourth-order valence-corrected chi connectivity index (χ4v) is 3.92. The molecule has 1 unspecified atom stereocenters. The zero-order valence-electron chi connectivity index (χ0n) is 12.6. The topological polar surface area (TPSA) is 106 Å². The van der Waals surface area contributed by atoms with Crippen molar-refractivity contribution in [2.45, 2.75) is 43.9 Å². The standard InChI is InChI=1S/C14H19N5O3S/c20-12(10-18-9-11(7-17-18)19(21)22)8-16-14(3-1-2-4-14)13-15-5-6-23-13/h5-7,9,12,16,20H,1-4,8,10H2. The molecule has 8 nitrogen and oxygen atoms in total. The number of thiazole rings is 1. The van der Waals surface area contributed by atoms with E-state index >= 15 is 0 Å². The van der Waals surface area contributed by atoms with Gasteiger partial charge in [0.2, 0.25) is 0 Å². The molecule has 2 aromatic heterocycles. The van der Waals surface area contributed by atoms with Crippen LogP contribution in [-0.4, -0.2) is 37.4 Å². The molecule has 0 saturated heterocycles. The van der Waals surface area contributed by atoms with Crippen molar-refractivity contribution >= 4 is 17.0 Å². The van der Waals surface area contributed by atoms with E-state index in [-0.39, 0.29) is 17.8 Å². The summed E-state index contributed by atoms with van der Waals surface area (Å²) in [5.74, 6) is 0. The van der Waals surface area contributed by atoms with Crippen molar-refractivity contribution < 1.29 is 10.0 Å². The van der Waals surface area contributed by atoms with E-state index in [1.54, 1.807) is 17.5 Å². The number of nitrogens with one attached hydrogen (secondary N) is 1. The summed E-state index contributed by atoms with van der Waals surface area (Å²) in [6.45, 7) is 0.613. The average Bonchev–Trinajstić information content (AvgIpc) is 3.26. The van der Waals surface area contributed by atoms with Gasteiger partial charge in [0, 0.05) is 18.1 Å². The second-order valence-electron chi connectivity index (χ2n) is 5.84. The molecule has 124 valence electrons. The zero-order chi connectivity index (χ0) is 16.3. The summed E-state index contributed by atoms with van der Waals surface area (Å²) < 4.78 is 1.40. The predicted molar refractivity (Wildman–Crippen MR) is 85.2 cm³/mol. The summed E-state index contributed by atoms with van der Waals surface area (Å²) >= 11 is 1.63. The smallest absolute Gasteiger partial charge is 0.306 e. The molecular weight excluding hydrogens is 318 g/mol. The third-order valence-corrected chi connectivity index (χ3v) is 5.18. The molecule has 0 bridgehead atoms. The Morgan fingerprint density at radius 2 is 2.30 bits per heavy atom. The second-order valence-corrected chi connectivity index (χ2v) is 6.73. The number of nitro groups is 1. The predicted octanol–water partition coefficient (Wildman–Crippen LogP) is 1.67.